The van der Waals surface area contributed by atoms with Crippen molar-refractivity contribution in [3.05, 3.63) is 59.1 Å². The smallest absolute Gasteiger partial charge is 0.331 e. The molecule has 3 N–H and O–H groups in total. The number of carbonyl (C=O) groups excluding carboxylic acids is 1. The van der Waals surface area contributed by atoms with Gasteiger partial charge in [-0.25, -0.2) is 0 Å². The van der Waals surface area contributed by atoms with Crippen molar-refractivity contribution >= 4 is 51.9 Å². The normalized spacial score (nSPS) is 11.7. The van der Waals surface area contributed by atoms with Gasteiger partial charge in [-0.05, 0) is 61.1 Å². The lowest BCUT2D eigenvalue weighted by Crippen LogP contribution is -2.29. The number of benzene rings is 2. The second-order valence-corrected chi connectivity index (χ2v) is 6.14. The topological polar surface area (TPSA) is 65.5 Å². The summed E-state index contributed by atoms with van der Waals surface area (Å²) in [5.74, 6) is -2.03. The van der Waals surface area contributed by atoms with Crippen LogP contribution in [0.2, 0.25) is 5.02 Å². The van der Waals surface area contributed by atoms with Gasteiger partial charge in [0.1, 0.15) is 0 Å². The molecular weight excluding hydrogens is 401 g/mol. The maximum atomic E-state index is 12.2. The van der Waals surface area contributed by atoms with E-state index in [9.17, 15) is 18.0 Å². The molecule has 2 aromatic carbocycles. The Morgan fingerprint density at radius 1 is 1.00 bits per heavy atom. The van der Waals surface area contributed by atoms with Gasteiger partial charge in [0.05, 0.1) is 5.71 Å². The van der Waals surface area contributed by atoms with Crippen LogP contribution in [0.25, 0.3) is 0 Å². The molecule has 5 nitrogen and oxygen atoms in total. The SMILES string of the molecule is CC(=NNC(=S)Nc1ccc(Cl)cc1)c1ccc(NC(=O)C(F)(F)F)cc1. The number of thiocarbonyl (C=S) groups is 1. The van der Waals surface area contributed by atoms with Gasteiger partial charge in [0.15, 0.2) is 5.11 Å². The lowest BCUT2D eigenvalue weighted by molar-refractivity contribution is -0.167. The van der Waals surface area contributed by atoms with Crippen LogP contribution in [0.5, 0.6) is 0 Å². The molecule has 27 heavy (non-hydrogen) atoms. The Balaban J connectivity index is 1.94. The molecular formula is C17H14ClF3N4OS. The summed E-state index contributed by atoms with van der Waals surface area (Å²) in [5, 5.41) is 9.65. The molecule has 0 saturated heterocycles. The number of halogens is 4. The van der Waals surface area contributed by atoms with E-state index >= 15 is 0 Å². The highest BCUT2D eigenvalue weighted by molar-refractivity contribution is 7.80. The molecule has 0 aliphatic rings. The molecule has 0 atom stereocenters. The Hall–Kier alpha value is -2.65. The third kappa shape index (κ3) is 6.54. The van der Waals surface area contributed by atoms with Crippen LogP contribution in [0, 0.1) is 0 Å². The number of anilines is 2. The first-order chi connectivity index (χ1) is 12.6. The molecule has 142 valence electrons. The monoisotopic (exact) mass is 414 g/mol. The first-order valence-electron chi connectivity index (χ1n) is 7.50. The molecule has 0 radical (unpaired) electrons. The van der Waals surface area contributed by atoms with Crippen LogP contribution in [0.4, 0.5) is 24.5 Å². The minimum atomic E-state index is -4.94. The zero-order valence-corrected chi connectivity index (χ0v) is 15.5. The van der Waals surface area contributed by atoms with E-state index < -0.39 is 12.1 Å². The highest BCUT2D eigenvalue weighted by Gasteiger charge is 2.38. The maximum Gasteiger partial charge on any atom is 0.471 e. The van der Waals surface area contributed by atoms with Crippen molar-refractivity contribution in [2.75, 3.05) is 10.6 Å². The fourth-order valence-corrected chi connectivity index (χ4v) is 2.18. The van der Waals surface area contributed by atoms with Gasteiger partial charge >= 0.3 is 12.1 Å². The third-order valence-corrected chi connectivity index (χ3v) is 3.69. The van der Waals surface area contributed by atoms with Crippen LogP contribution in [0.1, 0.15) is 12.5 Å². The maximum absolute atomic E-state index is 12.2. The molecule has 10 heteroatoms. The van der Waals surface area contributed by atoms with E-state index in [1.807, 2.05) is 0 Å². The van der Waals surface area contributed by atoms with E-state index in [0.29, 0.717) is 16.3 Å². The van der Waals surface area contributed by atoms with Crippen molar-refractivity contribution in [2.45, 2.75) is 13.1 Å². The summed E-state index contributed by atoms with van der Waals surface area (Å²) in [4.78, 5) is 10.9. The van der Waals surface area contributed by atoms with Crippen LogP contribution in [0.3, 0.4) is 0 Å². The molecule has 0 fully saturated rings. The molecule has 0 heterocycles. The quantitative estimate of drug-likeness (QED) is 0.390. The molecule has 0 aromatic heterocycles. The summed E-state index contributed by atoms with van der Waals surface area (Å²) in [6.45, 7) is 1.70. The summed E-state index contributed by atoms with van der Waals surface area (Å²) < 4.78 is 36.7. The highest BCUT2D eigenvalue weighted by Crippen LogP contribution is 2.18. The molecule has 0 unspecified atom stereocenters. The Kier molecular flexibility index (Phi) is 6.75. The van der Waals surface area contributed by atoms with Crippen molar-refractivity contribution in [3.8, 4) is 0 Å². The van der Waals surface area contributed by atoms with Gasteiger partial charge in [-0.15, -0.1) is 0 Å². The first kappa shape index (κ1) is 20.7. The molecule has 1 amide bonds. The van der Waals surface area contributed by atoms with Gasteiger partial charge in [0.25, 0.3) is 0 Å². The van der Waals surface area contributed by atoms with Gasteiger partial charge in [0, 0.05) is 16.4 Å². The van der Waals surface area contributed by atoms with E-state index in [-0.39, 0.29) is 10.8 Å². The van der Waals surface area contributed by atoms with Crippen LogP contribution in [0.15, 0.2) is 53.6 Å². The fourth-order valence-electron chi connectivity index (χ4n) is 1.89. The third-order valence-electron chi connectivity index (χ3n) is 3.25. The summed E-state index contributed by atoms with van der Waals surface area (Å²) in [7, 11) is 0. The summed E-state index contributed by atoms with van der Waals surface area (Å²) >= 11 is 10.9. The Labute approximate surface area is 163 Å². The largest absolute Gasteiger partial charge is 0.471 e. The molecule has 0 aliphatic heterocycles. The number of amides is 1. The Bertz CT molecular complexity index is 852. The predicted octanol–water partition coefficient (Wildman–Crippen LogP) is 4.55. The highest BCUT2D eigenvalue weighted by atomic mass is 35.5. The summed E-state index contributed by atoms with van der Waals surface area (Å²) in [6.07, 6.45) is -4.94. The lowest BCUT2D eigenvalue weighted by atomic mass is 10.1. The summed E-state index contributed by atoms with van der Waals surface area (Å²) in [5.41, 5.74) is 4.61. The Morgan fingerprint density at radius 2 is 1.52 bits per heavy atom. The second kappa shape index (κ2) is 8.83. The molecule has 0 spiro atoms. The molecule has 2 rings (SSSR count). The molecule has 2 aromatic rings. The van der Waals surface area contributed by atoms with Gasteiger partial charge < -0.3 is 10.6 Å². The standard InChI is InChI=1S/C17H14ClF3N4OS/c1-10(24-25-16(27)23-14-8-4-12(18)5-9-14)11-2-6-13(7-3-11)22-15(26)17(19,20)21/h2-9H,1H3,(H,22,26)(H2,23,25,27). The van der Waals surface area contributed by atoms with Crippen LogP contribution in [-0.2, 0) is 4.79 Å². The number of hydrogen-bond donors (Lipinski definition) is 3. The van der Waals surface area contributed by atoms with E-state index in [0.717, 1.165) is 5.69 Å². The second-order valence-electron chi connectivity index (χ2n) is 5.30. The first-order valence-corrected chi connectivity index (χ1v) is 8.29. The summed E-state index contributed by atoms with van der Waals surface area (Å²) in [6, 6.07) is 12.7. The van der Waals surface area contributed by atoms with Crippen molar-refractivity contribution in [1.29, 1.82) is 0 Å². The molecule has 0 aliphatic carbocycles. The van der Waals surface area contributed by atoms with E-state index in [2.05, 4.69) is 15.8 Å². The average molecular weight is 415 g/mol. The number of carbonyl (C=O) groups is 1. The van der Waals surface area contributed by atoms with Crippen LogP contribution < -0.4 is 16.1 Å². The van der Waals surface area contributed by atoms with E-state index in [1.54, 1.807) is 36.5 Å². The van der Waals surface area contributed by atoms with Gasteiger partial charge in [-0.1, -0.05) is 23.7 Å². The van der Waals surface area contributed by atoms with Gasteiger partial charge in [-0.2, -0.15) is 18.3 Å². The van der Waals surface area contributed by atoms with Gasteiger partial charge in [0.2, 0.25) is 0 Å². The number of hydrogen-bond acceptors (Lipinski definition) is 3. The van der Waals surface area contributed by atoms with Gasteiger partial charge in [-0.3, -0.25) is 10.2 Å². The number of alkyl halides is 3. The number of hydrazone groups is 1. The van der Waals surface area contributed by atoms with Crippen molar-refractivity contribution in [1.82, 2.24) is 5.43 Å². The zero-order valence-electron chi connectivity index (χ0n) is 13.9. The van der Waals surface area contributed by atoms with Crippen LogP contribution >= 0.6 is 23.8 Å². The van der Waals surface area contributed by atoms with E-state index in [4.69, 9.17) is 23.8 Å². The van der Waals surface area contributed by atoms with Crippen LogP contribution in [-0.4, -0.2) is 22.9 Å². The van der Waals surface area contributed by atoms with Crippen molar-refractivity contribution in [3.63, 3.8) is 0 Å². The fraction of sp³-hybridized carbons (Fsp3) is 0.118. The molecule has 0 saturated carbocycles. The minimum Gasteiger partial charge on any atom is -0.331 e. The van der Waals surface area contributed by atoms with E-state index in [1.165, 1.54) is 24.3 Å². The number of rotatable bonds is 4. The zero-order chi connectivity index (χ0) is 20.0. The van der Waals surface area contributed by atoms with Crippen molar-refractivity contribution < 1.29 is 18.0 Å². The minimum absolute atomic E-state index is 0.0294. The predicted molar refractivity (Wildman–Crippen MR) is 104 cm³/mol. The number of nitrogens with zero attached hydrogens (tertiary/aromatic N) is 1. The van der Waals surface area contributed by atoms with Crippen molar-refractivity contribution in [2.24, 2.45) is 5.10 Å². The number of nitrogens with one attached hydrogen (secondary N) is 3. The lowest BCUT2D eigenvalue weighted by Gasteiger charge is -2.09. The Morgan fingerprint density at radius 3 is 2.07 bits per heavy atom. The average Bonchev–Trinajstić information content (AvgIpc) is 2.61. The molecule has 0 bridgehead atoms.